The van der Waals surface area contributed by atoms with E-state index in [1.54, 1.807) is 26.0 Å². The predicted octanol–water partition coefficient (Wildman–Crippen LogP) is 2.14. The highest BCUT2D eigenvalue weighted by Gasteiger charge is 2.23. The van der Waals surface area contributed by atoms with Crippen molar-refractivity contribution in [2.75, 3.05) is 26.2 Å². The van der Waals surface area contributed by atoms with Gasteiger partial charge in [-0.2, -0.15) is 4.31 Å². The van der Waals surface area contributed by atoms with Crippen molar-refractivity contribution in [1.29, 1.82) is 0 Å². The summed E-state index contributed by atoms with van der Waals surface area (Å²) < 4.78 is 26.6. The molecule has 1 aliphatic rings. The molecule has 8 heteroatoms. The van der Waals surface area contributed by atoms with E-state index in [2.05, 4.69) is 10.6 Å². The molecule has 1 fully saturated rings. The van der Waals surface area contributed by atoms with Crippen molar-refractivity contribution in [2.45, 2.75) is 50.8 Å². The standard InChI is InChI=1S/C20H31N3O4S/c1-3-23(4-2)28(26,27)18-12-8-11-17(15-18)20(25)22-14-13-21-19(24)16-9-6-5-7-10-16/h8,11-12,15-16H,3-7,9-10,13-14H2,1-2H3,(H,21,24)(H,22,25). The summed E-state index contributed by atoms with van der Waals surface area (Å²) in [7, 11) is -3.61. The fraction of sp³-hybridized carbons (Fsp3) is 0.600. The third-order valence-corrected chi connectivity index (χ3v) is 7.17. The molecular formula is C20H31N3O4S. The Kier molecular flexibility index (Phi) is 8.44. The molecule has 2 N–H and O–H groups in total. The number of carbonyl (C=O) groups is 2. The first-order chi connectivity index (χ1) is 13.4. The maximum Gasteiger partial charge on any atom is 0.251 e. The number of nitrogens with zero attached hydrogens (tertiary/aromatic N) is 1. The van der Waals surface area contributed by atoms with Crippen LogP contribution in [0.4, 0.5) is 0 Å². The zero-order chi connectivity index (χ0) is 20.6. The summed E-state index contributed by atoms with van der Waals surface area (Å²) in [6.07, 6.45) is 5.27. The van der Waals surface area contributed by atoms with Crippen LogP contribution >= 0.6 is 0 Å². The summed E-state index contributed by atoms with van der Waals surface area (Å²) in [5, 5.41) is 5.60. The molecule has 1 aliphatic carbocycles. The molecule has 1 saturated carbocycles. The zero-order valence-corrected chi connectivity index (χ0v) is 17.6. The van der Waals surface area contributed by atoms with Gasteiger partial charge in [-0.3, -0.25) is 9.59 Å². The second-order valence-corrected chi connectivity index (χ2v) is 8.94. The normalized spacial score (nSPS) is 15.4. The van der Waals surface area contributed by atoms with E-state index < -0.39 is 10.0 Å². The van der Waals surface area contributed by atoms with Crippen molar-refractivity contribution in [2.24, 2.45) is 5.92 Å². The summed E-state index contributed by atoms with van der Waals surface area (Å²) in [6.45, 7) is 4.95. The van der Waals surface area contributed by atoms with Crippen LogP contribution in [-0.2, 0) is 14.8 Å². The summed E-state index contributed by atoms with van der Waals surface area (Å²) in [5.41, 5.74) is 0.284. The van der Waals surface area contributed by atoms with Gasteiger partial charge in [0.05, 0.1) is 4.90 Å². The Morgan fingerprint density at radius 1 is 1.04 bits per heavy atom. The number of hydrogen-bond donors (Lipinski definition) is 2. The number of sulfonamides is 1. The van der Waals surface area contributed by atoms with E-state index in [0.29, 0.717) is 26.2 Å². The largest absolute Gasteiger partial charge is 0.354 e. The van der Waals surface area contributed by atoms with Crippen LogP contribution in [0.5, 0.6) is 0 Å². The minimum absolute atomic E-state index is 0.0567. The maximum absolute atomic E-state index is 12.6. The minimum atomic E-state index is -3.61. The third-order valence-electron chi connectivity index (χ3n) is 5.13. The van der Waals surface area contributed by atoms with Crippen molar-refractivity contribution in [3.63, 3.8) is 0 Å². The molecule has 0 atom stereocenters. The SMILES string of the molecule is CCN(CC)S(=O)(=O)c1cccc(C(=O)NCCNC(=O)C2CCCCC2)c1. The summed E-state index contributed by atoms with van der Waals surface area (Å²) in [4.78, 5) is 24.5. The van der Waals surface area contributed by atoms with Gasteiger partial charge >= 0.3 is 0 Å². The van der Waals surface area contributed by atoms with Gasteiger partial charge in [0.25, 0.3) is 5.91 Å². The first-order valence-corrected chi connectivity index (χ1v) is 11.5. The molecule has 1 aromatic rings. The number of amides is 2. The van der Waals surface area contributed by atoms with Crippen LogP contribution in [0.3, 0.4) is 0 Å². The third kappa shape index (κ3) is 5.78. The van der Waals surface area contributed by atoms with Crippen molar-refractivity contribution in [1.82, 2.24) is 14.9 Å². The lowest BCUT2D eigenvalue weighted by Gasteiger charge is -2.20. The van der Waals surface area contributed by atoms with Crippen LogP contribution in [0.25, 0.3) is 0 Å². The van der Waals surface area contributed by atoms with E-state index in [4.69, 9.17) is 0 Å². The van der Waals surface area contributed by atoms with E-state index >= 15 is 0 Å². The number of hydrogen-bond acceptors (Lipinski definition) is 4. The van der Waals surface area contributed by atoms with Gasteiger partial charge in [-0.05, 0) is 31.0 Å². The molecule has 1 aromatic carbocycles. The van der Waals surface area contributed by atoms with E-state index in [1.807, 2.05) is 0 Å². The van der Waals surface area contributed by atoms with Crippen LogP contribution < -0.4 is 10.6 Å². The Morgan fingerprint density at radius 2 is 1.68 bits per heavy atom. The van der Waals surface area contributed by atoms with E-state index in [1.165, 1.54) is 22.9 Å². The zero-order valence-electron chi connectivity index (χ0n) is 16.7. The monoisotopic (exact) mass is 409 g/mol. The van der Waals surface area contributed by atoms with Gasteiger partial charge in [0.1, 0.15) is 0 Å². The first kappa shape index (κ1) is 22.4. The van der Waals surface area contributed by atoms with Crippen LogP contribution in [0.2, 0.25) is 0 Å². The Morgan fingerprint density at radius 3 is 2.32 bits per heavy atom. The molecule has 2 amide bonds. The quantitative estimate of drug-likeness (QED) is 0.611. The van der Waals surface area contributed by atoms with Crippen LogP contribution in [-0.4, -0.2) is 50.7 Å². The minimum Gasteiger partial charge on any atom is -0.354 e. The summed E-state index contributed by atoms with van der Waals surface area (Å²) in [5.74, 6) is -0.212. The smallest absolute Gasteiger partial charge is 0.251 e. The maximum atomic E-state index is 12.6. The predicted molar refractivity (Wildman–Crippen MR) is 108 cm³/mol. The van der Waals surface area contributed by atoms with Gasteiger partial charge in [0, 0.05) is 37.7 Å². The van der Waals surface area contributed by atoms with Crippen molar-refractivity contribution in [3.05, 3.63) is 29.8 Å². The van der Waals surface area contributed by atoms with Crippen LogP contribution in [0.1, 0.15) is 56.3 Å². The van der Waals surface area contributed by atoms with Crippen molar-refractivity contribution < 1.29 is 18.0 Å². The molecule has 0 saturated heterocycles. The topological polar surface area (TPSA) is 95.6 Å². The average Bonchev–Trinajstić information content (AvgIpc) is 2.72. The first-order valence-electron chi connectivity index (χ1n) is 10.1. The number of carbonyl (C=O) groups excluding carboxylic acids is 2. The second kappa shape index (κ2) is 10.6. The molecular weight excluding hydrogens is 378 g/mol. The lowest BCUT2D eigenvalue weighted by atomic mass is 9.89. The molecule has 7 nitrogen and oxygen atoms in total. The van der Waals surface area contributed by atoms with E-state index in [-0.39, 0.29) is 28.2 Å². The fourth-order valence-electron chi connectivity index (χ4n) is 3.48. The van der Waals surface area contributed by atoms with Gasteiger partial charge in [0.2, 0.25) is 15.9 Å². The van der Waals surface area contributed by atoms with Gasteiger partial charge in [-0.1, -0.05) is 39.2 Å². The highest BCUT2D eigenvalue weighted by molar-refractivity contribution is 7.89. The van der Waals surface area contributed by atoms with Gasteiger partial charge in [-0.15, -0.1) is 0 Å². The molecule has 0 aromatic heterocycles. The molecule has 0 bridgehead atoms. The lowest BCUT2D eigenvalue weighted by Crippen LogP contribution is -2.38. The molecule has 0 spiro atoms. The van der Waals surface area contributed by atoms with Crippen LogP contribution in [0.15, 0.2) is 29.2 Å². The highest BCUT2D eigenvalue weighted by Crippen LogP contribution is 2.23. The number of benzene rings is 1. The Hall–Kier alpha value is -1.93. The number of rotatable bonds is 9. The highest BCUT2D eigenvalue weighted by atomic mass is 32.2. The molecule has 156 valence electrons. The van der Waals surface area contributed by atoms with Crippen molar-refractivity contribution >= 4 is 21.8 Å². The van der Waals surface area contributed by atoms with E-state index in [0.717, 1.165) is 25.7 Å². The van der Waals surface area contributed by atoms with E-state index in [9.17, 15) is 18.0 Å². The van der Waals surface area contributed by atoms with Crippen LogP contribution in [0, 0.1) is 5.92 Å². The number of nitrogens with one attached hydrogen (secondary N) is 2. The van der Waals surface area contributed by atoms with Gasteiger partial charge in [-0.25, -0.2) is 8.42 Å². The lowest BCUT2D eigenvalue weighted by molar-refractivity contribution is -0.125. The Bertz CT molecular complexity index is 769. The summed E-state index contributed by atoms with van der Waals surface area (Å²) in [6, 6.07) is 6.03. The molecule has 0 heterocycles. The molecule has 2 rings (SSSR count). The molecule has 0 unspecified atom stereocenters. The average molecular weight is 410 g/mol. The second-order valence-electron chi connectivity index (χ2n) is 7.00. The Labute approximate surface area is 167 Å². The summed E-state index contributed by atoms with van der Waals surface area (Å²) >= 11 is 0. The molecule has 0 aliphatic heterocycles. The van der Waals surface area contributed by atoms with Gasteiger partial charge < -0.3 is 10.6 Å². The molecule has 0 radical (unpaired) electrons. The Balaban J connectivity index is 1.88. The van der Waals surface area contributed by atoms with Gasteiger partial charge in [0.15, 0.2) is 0 Å². The van der Waals surface area contributed by atoms with Crippen molar-refractivity contribution in [3.8, 4) is 0 Å². The molecule has 28 heavy (non-hydrogen) atoms. The fourth-order valence-corrected chi connectivity index (χ4v) is 4.99.